The van der Waals surface area contributed by atoms with Crippen molar-refractivity contribution in [3.8, 4) is 5.75 Å². The summed E-state index contributed by atoms with van der Waals surface area (Å²) in [4.78, 5) is 4.70. The second-order valence-corrected chi connectivity index (χ2v) is 7.69. The van der Waals surface area contributed by atoms with Crippen molar-refractivity contribution < 1.29 is 14.2 Å². The monoisotopic (exact) mass is 415 g/mol. The van der Waals surface area contributed by atoms with Crippen molar-refractivity contribution in [2.45, 2.75) is 13.3 Å². The van der Waals surface area contributed by atoms with E-state index >= 15 is 0 Å². The molecule has 154 valence electrons. The number of nitrogens with zero attached hydrogens (tertiary/aromatic N) is 1. The maximum atomic E-state index is 12.0. The van der Waals surface area contributed by atoms with Crippen LogP contribution in [0, 0.1) is 6.92 Å². The first-order chi connectivity index (χ1) is 14.1. The first kappa shape index (κ1) is 21.1. The van der Waals surface area contributed by atoms with Crippen molar-refractivity contribution in [3.63, 3.8) is 0 Å². The molecule has 0 aliphatic heterocycles. The van der Waals surface area contributed by atoms with E-state index in [0.29, 0.717) is 12.3 Å². The normalized spacial score (nSPS) is 11.4. The number of phenolic OH excluding ortho intramolecular Hbond substituents is 1. The number of phenols is 1. The molecule has 0 amide bonds. The van der Waals surface area contributed by atoms with Crippen molar-refractivity contribution in [2.75, 3.05) is 44.1 Å². The van der Waals surface area contributed by atoms with Crippen molar-refractivity contribution >= 4 is 45.1 Å². The minimum absolute atomic E-state index is 0.169. The Balaban J connectivity index is 1.68. The largest absolute Gasteiger partial charge is 0.506 e. The molecule has 0 spiro atoms. The number of aryl methyl sites for hydroxylation is 1. The van der Waals surface area contributed by atoms with Gasteiger partial charge in [0.05, 0.1) is 22.5 Å². The van der Waals surface area contributed by atoms with Crippen LogP contribution in [0.2, 0.25) is 0 Å². The van der Waals surface area contributed by atoms with E-state index in [1.807, 2.05) is 24.3 Å². The molecule has 0 fully saturated rings. The summed E-state index contributed by atoms with van der Waals surface area (Å²) in [6.45, 7) is 3.13. The minimum Gasteiger partial charge on any atom is -0.506 e. The molecule has 29 heavy (non-hydrogen) atoms. The van der Waals surface area contributed by atoms with E-state index in [4.69, 9.17) is 9.72 Å². The van der Waals surface area contributed by atoms with Gasteiger partial charge in [-0.2, -0.15) is 0 Å². The van der Waals surface area contributed by atoms with E-state index in [0.717, 1.165) is 45.0 Å². The number of benzene rings is 2. The van der Waals surface area contributed by atoms with Crippen LogP contribution in [0.3, 0.4) is 0 Å². The highest BCUT2D eigenvalue weighted by Gasteiger charge is 2.06. The molecule has 3 aromatic rings. The van der Waals surface area contributed by atoms with Crippen LogP contribution in [0.25, 0.3) is 22.4 Å². The Morgan fingerprint density at radius 1 is 1.17 bits per heavy atom. The van der Waals surface area contributed by atoms with Gasteiger partial charge in [-0.3, -0.25) is 0 Å². The van der Waals surface area contributed by atoms with Crippen molar-refractivity contribution in [1.82, 2.24) is 4.98 Å². The van der Waals surface area contributed by atoms with E-state index in [9.17, 15) is 9.50 Å². The number of anilines is 2. The van der Waals surface area contributed by atoms with Gasteiger partial charge in [0.15, 0.2) is 0 Å². The number of aromatic hydroxyl groups is 1. The Kier molecular flexibility index (Phi) is 7.43. The molecular weight excluding hydrogens is 389 g/mol. The molecule has 2 aromatic carbocycles. The number of thiazole rings is 1. The molecule has 7 heteroatoms. The lowest BCUT2D eigenvalue weighted by molar-refractivity contribution is 0.119. The smallest absolute Gasteiger partial charge is 0.138 e. The summed E-state index contributed by atoms with van der Waals surface area (Å²) in [5.74, 6) is 0.231. The Morgan fingerprint density at radius 3 is 2.83 bits per heavy atom. The van der Waals surface area contributed by atoms with E-state index in [2.05, 4.69) is 29.7 Å². The van der Waals surface area contributed by atoms with Crippen LogP contribution in [0.4, 0.5) is 15.8 Å². The van der Waals surface area contributed by atoms with Crippen LogP contribution in [-0.2, 0) is 4.74 Å². The summed E-state index contributed by atoms with van der Waals surface area (Å²) in [5.41, 5.74) is 4.88. The van der Waals surface area contributed by atoms with Crippen LogP contribution >= 0.6 is 11.3 Å². The zero-order valence-electron chi connectivity index (χ0n) is 16.7. The van der Waals surface area contributed by atoms with Crippen LogP contribution in [0.1, 0.15) is 22.6 Å². The number of fused-ring (bicyclic) bond motifs is 1. The fourth-order valence-corrected chi connectivity index (χ4v) is 3.83. The number of halogens is 1. The van der Waals surface area contributed by atoms with Crippen molar-refractivity contribution in [3.05, 3.63) is 46.5 Å². The number of alkyl halides is 1. The van der Waals surface area contributed by atoms with Gasteiger partial charge in [0.1, 0.15) is 17.4 Å². The van der Waals surface area contributed by atoms with Crippen molar-refractivity contribution in [1.29, 1.82) is 0 Å². The second-order valence-electron chi connectivity index (χ2n) is 6.63. The third-order valence-electron chi connectivity index (χ3n) is 4.46. The Hall–Kier alpha value is -2.64. The second kappa shape index (κ2) is 10.2. The SMILES string of the molecule is CNc1cc(/C=C/c2nc3cc(C)c(NCCCOCCF)cc3s2)ccc1O. The molecule has 5 nitrogen and oxygen atoms in total. The molecule has 1 heterocycles. The molecule has 3 rings (SSSR count). The number of rotatable bonds is 10. The predicted octanol–water partition coefficient (Wildman–Crippen LogP) is 5.31. The summed E-state index contributed by atoms with van der Waals surface area (Å²) in [6.07, 6.45) is 4.80. The summed E-state index contributed by atoms with van der Waals surface area (Å²) in [7, 11) is 1.78. The lowest BCUT2D eigenvalue weighted by Crippen LogP contribution is -2.07. The topological polar surface area (TPSA) is 66.4 Å². The average molecular weight is 416 g/mol. The third kappa shape index (κ3) is 5.68. The van der Waals surface area contributed by atoms with Gasteiger partial charge in [-0.15, -0.1) is 11.3 Å². The molecular formula is C22H26FN3O2S. The molecule has 0 aliphatic rings. The van der Waals surface area contributed by atoms with Gasteiger partial charge in [-0.25, -0.2) is 9.37 Å². The predicted molar refractivity (Wildman–Crippen MR) is 121 cm³/mol. The molecule has 0 saturated heterocycles. The van der Waals surface area contributed by atoms with Crippen molar-refractivity contribution in [2.24, 2.45) is 0 Å². The number of ether oxygens (including phenoxy) is 1. The zero-order valence-corrected chi connectivity index (χ0v) is 17.5. The Labute approximate surface area is 174 Å². The minimum atomic E-state index is -0.436. The maximum absolute atomic E-state index is 12.0. The molecule has 0 atom stereocenters. The highest BCUT2D eigenvalue weighted by molar-refractivity contribution is 7.19. The summed E-state index contributed by atoms with van der Waals surface area (Å²) in [6, 6.07) is 9.65. The Bertz CT molecular complexity index is 988. The van der Waals surface area contributed by atoms with Gasteiger partial charge in [0, 0.05) is 25.9 Å². The van der Waals surface area contributed by atoms with Gasteiger partial charge in [-0.05, 0) is 54.8 Å². The van der Waals surface area contributed by atoms with Gasteiger partial charge in [0.25, 0.3) is 0 Å². The standard InChI is InChI=1S/C22H26FN3O2S/c1-15-12-19-21(14-17(15)25-9-3-10-28-11-8-23)29-22(26-19)7-5-16-4-6-20(27)18(13-16)24-2/h4-7,12-14,24-25,27H,3,8-11H2,1-2H3/b7-5+. The molecule has 0 saturated carbocycles. The number of hydrogen-bond donors (Lipinski definition) is 3. The van der Waals surface area contributed by atoms with Gasteiger partial charge in [-0.1, -0.05) is 12.1 Å². The molecule has 0 radical (unpaired) electrons. The van der Waals surface area contributed by atoms with E-state index in [1.54, 1.807) is 24.5 Å². The van der Waals surface area contributed by atoms with Crippen LogP contribution in [0.15, 0.2) is 30.3 Å². The van der Waals surface area contributed by atoms with Crippen LogP contribution < -0.4 is 10.6 Å². The van der Waals surface area contributed by atoms with Crippen LogP contribution in [0.5, 0.6) is 5.75 Å². The molecule has 0 bridgehead atoms. The number of aromatic nitrogens is 1. The van der Waals surface area contributed by atoms with Gasteiger partial charge in [0.2, 0.25) is 0 Å². The van der Waals surface area contributed by atoms with E-state index in [-0.39, 0.29) is 12.4 Å². The number of hydrogen-bond acceptors (Lipinski definition) is 6. The van der Waals surface area contributed by atoms with Gasteiger partial charge < -0.3 is 20.5 Å². The summed E-state index contributed by atoms with van der Waals surface area (Å²) >= 11 is 1.63. The Morgan fingerprint density at radius 2 is 2.03 bits per heavy atom. The van der Waals surface area contributed by atoms with Crippen LogP contribution in [-0.4, -0.2) is 43.6 Å². The molecule has 3 N–H and O–H groups in total. The summed E-state index contributed by atoms with van der Waals surface area (Å²) < 4.78 is 18.3. The lowest BCUT2D eigenvalue weighted by Gasteiger charge is -2.09. The zero-order chi connectivity index (χ0) is 20.6. The van der Waals surface area contributed by atoms with E-state index in [1.165, 1.54) is 0 Å². The average Bonchev–Trinajstić information content (AvgIpc) is 3.11. The maximum Gasteiger partial charge on any atom is 0.138 e. The highest BCUT2D eigenvalue weighted by Crippen LogP contribution is 2.30. The summed E-state index contributed by atoms with van der Waals surface area (Å²) in [5, 5.41) is 17.1. The number of nitrogens with one attached hydrogen (secondary N) is 2. The fraction of sp³-hybridized carbons (Fsp3) is 0.318. The molecule has 1 aromatic heterocycles. The third-order valence-corrected chi connectivity index (χ3v) is 5.45. The van der Waals surface area contributed by atoms with E-state index < -0.39 is 6.67 Å². The first-order valence-electron chi connectivity index (χ1n) is 9.58. The lowest BCUT2D eigenvalue weighted by atomic mass is 10.1. The van der Waals surface area contributed by atoms with Gasteiger partial charge >= 0.3 is 0 Å². The molecule has 0 unspecified atom stereocenters. The highest BCUT2D eigenvalue weighted by atomic mass is 32.1. The fourth-order valence-electron chi connectivity index (χ4n) is 2.94. The molecule has 0 aliphatic carbocycles. The quantitative estimate of drug-likeness (QED) is 0.309. The first-order valence-corrected chi connectivity index (χ1v) is 10.4.